The first kappa shape index (κ1) is 20.5. The Morgan fingerprint density at radius 2 is 1.83 bits per heavy atom. The van der Waals surface area contributed by atoms with Crippen molar-refractivity contribution in [2.75, 3.05) is 26.0 Å². The maximum atomic E-state index is 13.3. The Bertz CT molecular complexity index is 1140. The molecule has 2 heterocycles. The van der Waals surface area contributed by atoms with E-state index in [0.29, 0.717) is 5.56 Å². The van der Waals surface area contributed by atoms with Crippen LogP contribution in [0.2, 0.25) is 0 Å². The SMILES string of the molecule is CS(=O)(=O)N1CC(=O)N2[C@H](CO)[C@H](c3ccc(C#Cc4cccc(F)c4)cc3)[C@@H]2C1. The third-order valence-corrected chi connectivity index (χ3v) is 6.88. The van der Waals surface area contributed by atoms with E-state index in [4.69, 9.17) is 0 Å². The third-order valence-electron chi connectivity index (χ3n) is 5.66. The summed E-state index contributed by atoms with van der Waals surface area (Å²) in [6, 6.07) is 12.8. The lowest BCUT2D eigenvalue weighted by Crippen LogP contribution is -2.73. The summed E-state index contributed by atoms with van der Waals surface area (Å²) in [6.07, 6.45) is 1.10. The zero-order chi connectivity index (χ0) is 21.5. The first-order chi connectivity index (χ1) is 14.3. The normalized spacial score (nSPS) is 23.9. The number of piperazine rings is 1. The summed E-state index contributed by atoms with van der Waals surface area (Å²) in [5, 5.41) is 9.81. The molecule has 0 radical (unpaired) electrons. The molecule has 156 valence electrons. The van der Waals surface area contributed by atoms with E-state index in [9.17, 15) is 22.7 Å². The largest absolute Gasteiger partial charge is 0.394 e. The second kappa shape index (κ2) is 7.84. The lowest BCUT2D eigenvalue weighted by Gasteiger charge is -2.58. The maximum absolute atomic E-state index is 13.3. The van der Waals surface area contributed by atoms with Gasteiger partial charge in [0.25, 0.3) is 0 Å². The van der Waals surface area contributed by atoms with Crippen molar-refractivity contribution in [2.45, 2.75) is 18.0 Å². The summed E-state index contributed by atoms with van der Waals surface area (Å²) in [6.45, 7) is -0.160. The maximum Gasteiger partial charge on any atom is 0.238 e. The van der Waals surface area contributed by atoms with Gasteiger partial charge in [-0.05, 0) is 35.9 Å². The summed E-state index contributed by atoms with van der Waals surface area (Å²) in [5.74, 6) is 5.12. The van der Waals surface area contributed by atoms with Crippen LogP contribution in [0.4, 0.5) is 4.39 Å². The van der Waals surface area contributed by atoms with Crippen molar-refractivity contribution in [1.82, 2.24) is 9.21 Å². The standard InChI is InChI=1S/C22H21FN2O4S/c1-30(28,29)24-12-19-22(20(14-26)25(19)21(27)13-24)17-9-7-15(8-10-17)5-6-16-3-2-4-18(23)11-16/h2-4,7-11,19-20,22,26H,12-14H2,1H3/t19-,20+,22+/m0/s1. The van der Waals surface area contributed by atoms with Crippen LogP contribution >= 0.6 is 0 Å². The van der Waals surface area contributed by atoms with Crippen molar-refractivity contribution < 1.29 is 22.7 Å². The topological polar surface area (TPSA) is 77.9 Å². The van der Waals surface area contributed by atoms with Gasteiger partial charge >= 0.3 is 0 Å². The predicted molar refractivity (Wildman–Crippen MR) is 109 cm³/mol. The molecule has 6 nitrogen and oxygen atoms in total. The number of amides is 1. The Kier molecular flexibility index (Phi) is 5.36. The first-order valence-electron chi connectivity index (χ1n) is 9.52. The number of fused-ring (bicyclic) bond motifs is 1. The highest BCUT2D eigenvalue weighted by Gasteiger charge is 2.54. The van der Waals surface area contributed by atoms with Gasteiger partial charge in [-0.25, -0.2) is 12.8 Å². The Labute approximate surface area is 175 Å². The monoisotopic (exact) mass is 428 g/mol. The van der Waals surface area contributed by atoms with Crippen molar-refractivity contribution in [3.05, 3.63) is 71.0 Å². The van der Waals surface area contributed by atoms with Gasteiger partial charge < -0.3 is 10.0 Å². The molecule has 2 aliphatic rings. The van der Waals surface area contributed by atoms with E-state index in [1.54, 1.807) is 17.0 Å². The molecule has 2 aromatic carbocycles. The molecule has 4 rings (SSSR count). The second-order valence-corrected chi connectivity index (χ2v) is 9.56. The fraction of sp³-hybridized carbons (Fsp3) is 0.318. The van der Waals surface area contributed by atoms with Gasteiger partial charge in [-0.1, -0.05) is 30.0 Å². The molecule has 2 aliphatic heterocycles. The van der Waals surface area contributed by atoms with E-state index >= 15 is 0 Å². The lowest BCUT2D eigenvalue weighted by atomic mass is 9.74. The zero-order valence-corrected chi connectivity index (χ0v) is 17.1. The van der Waals surface area contributed by atoms with E-state index in [1.807, 2.05) is 24.3 Å². The van der Waals surface area contributed by atoms with Crippen LogP contribution in [0.1, 0.15) is 22.6 Å². The number of aliphatic hydroxyl groups is 1. The van der Waals surface area contributed by atoms with Gasteiger partial charge in [0.2, 0.25) is 15.9 Å². The number of nitrogens with zero attached hydrogens (tertiary/aromatic N) is 2. The number of rotatable bonds is 3. The summed E-state index contributed by atoms with van der Waals surface area (Å²) >= 11 is 0. The highest BCUT2D eigenvalue weighted by Crippen LogP contribution is 2.43. The fourth-order valence-corrected chi connectivity index (χ4v) is 4.99. The van der Waals surface area contributed by atoms with Crippen LogP contribution in [0.15, 0.2) is 48.5 Å². The molecular formula is C22H21FN2O4S. The van der Waals surface area contributed by atoms with E-state index in [-0.39, 0.29) is 49.4 Å². The molecule has 30 heavy (non-hydrogen) atoms. The lowest BCUT2D eigenvalue weighted by molar-refractivity contribution is -0.158. The van der Waals surface area contributed by atoms with Gasteiger partial charge in [0.1, 0.15) is 5.82 Å². The second-order valence-electron chi connectivity index (χ2n) is 7.58. The number of hydrogen-bond acceptors (Lipinski definition) is 4. The molecule has 0 spiro atoms. The summed E-state index contributed by atoms with van der Waals surface area (Å²) in [5.41, 5.74) is 2.24. The molecular weight excluding hydrogens is 407 g/mol. The minimum Gasteiger partial charge on any atom is -0.394 e. The summed E-state index contributed by atoms with van der Waals surface area (Å²) in [7, 11) is -3.48. The number of hydrogen-bond donors (Lipinski definition) is 1. The Hall–Kier alpha value is -2.73. The van der Waals surface area contributed by atoms with Crippen LogP contribution in [0.5, 0.6) is 0 Å². The quantitative estimate of drug-likeness (QED) is 0.745. The van der Waals surface area contributed by atoms with Crippen LogP contribution in [0, 0.1) is 17.7 Å². The van der Waals surface area contributed by atoms with E-state index in [2.05, 4.69) is 11.8 Å². The van der Waals surface area contributed by atoms with Crippen molar-refractivity contribution in [3.63, 3.8) is 0 Å². The molecule has 2 fully saturated rings. The van der Waals surface area contributed by atoms with Crippen molar-refractivity contribution >= 4 is 15.9 Å². The number of sulfonamides is 1. The smallest absolute Gasteiger partial charge is 0.238 e. The van der Waals surface area contributed by atoms with Crippen LogP contribution in [-0.4, -0.2) is 66.7 Å². The Morgan fingerprint density at radius 3 is 2.47 bits per heavy atom. The Balaban J connectivity index is 1.55. The van der Waals surface area contributed by atoms with Crippen molar-refractivity contribution in [3.8, 4) is 11.8 Å². The van der Waals surface area contributed by atoms with Gasteiger partial charge in [-0.15, -0.1) is 0 Å². The van der Waals surface area contributed by atoms with Gasteiger partial charge in [0.15, 0.2) is 0 Å². The zero-order valence-electron chi connectivity index (χ0n) is 16.3. The first-order valence-corrected chi connectivity index (χ1v) is 11.4. The minimum atomic E-state index is -3.48. The van der Waals surface area contributed by atoms with Gasteiger partial charge in [-0.2, -0.15) is 4.31 Å². The summed E-state index contributed by atoms with van der Waals surface area (Å²) in [4.78, 5) is 14.0. The molecule has 0 bridgehead atoms. The van der Waals surface area contributed by atoms with Crippen molar-refractivity contribution in [1.29, 1.82) is 0 Å². The summed E-state index contributed by atoms with van der Waals surface area (Å²) < 4.78 is 38.3. The van der Waals surface area contributed by atoms with Gasteiger partial charge in [-0.3, -0.25) is 4.79 Å². The third kappa shape index (κ3) is 3.84. The molecule has 2 saturated heterocycles. The number of carbonyl (C=O) groups excluding carboxylic acids is 1. The number of benzene rings is 2. The minimum absolute atomic E-state index is 0.159. The van der Waals surface area contributed by atoms with E-state index in [0.717, 1.165) is 17.4 Å². The van der Waals surface area contributed by atoms with Gasteiger partial charge in [0, 0.05) is 23.6 Å². The van der Waals surface area contributed by atoms with Crippen LogP contribution in [-0.2, 0) is 14.8 Å². The highest BCUT2D eigenvalue weighted by atomic mass is 32.2. The molecule has 2 aromatic rings. The molecule has 8 heteroatoms. The molecule has 0 aliphatic carbocycles. The van der Waals surface area contributed by atoms with Crippen LogP contribution in [0.3, 0.4) is 0 Å². The average Bonchev–Trinajstić information content (AvgIpc) is 2.68. The molecule has 0 aromatic heterocycles. The fourth-order valence-electron chi connectivity index (χ4n) is 4.22. The van der Waals surface area contributed by atoms with Crippen molar-refractivity contribution in [2.24, 2.45) is 0 Å². The van der Waals surface area contributed by atoms with Gasteiger partial charge in [0.05, 0.1) is 31.5 Å². The molecule has 1 N–H and O–H groups in total. The van der Waals surface area contributed by atoms with E-state index < -0.39 is 10.0 Å². The number of aliphatic hydroxyl groups excluding tert-OH is 1. The number of carbonyl (C=O) groups is 1. The average molecular weight is 428 g/mol. The van der Waals surface area contributed by atoms with Crippen LogP contribution in [0.25, 0.3) is 0 Å². The predicted octanol–water partition coefficient (Wildman–Crippen LogP) is 1.16. The Morgan fingerprint density at radius 1 is 1.13 bits per heavy atom. The van der Waals surface area contributed by atoms with E-state index in [1.165, 1.54) is 16.4 Å². The number of halogens is 1. The molecule has 0 unspecified atom stereocenters. The highest BCUT2D eigenvalue weighted by molar-refractivity contribution is 7.88. The van der Waals surface area contributed by atoms with Crippen LogP contribution < -0.4 is 0 Å². The molecule has 1 amide bonds. The molecule has 0 saturated carbocycles. The molecule has 3 atom stereocenters.